The molecule has 0 amide bonds. The van der Waals surface area contributed by atoms with Crippen molar-refractivity contribution in [2.75, 3.05) is 18.5 Å². The Kier molecular flexibility index (Phi) is 3.63. The van der Waals surface area contributed by atoms with Crippen molar-refractivity contribution in [1.29, 1.82) is 0 Å². The van der Waals surface area contributed by atoms with Gasteiger partial charge in [-0.2, -0.15) is 0 Å². The first kappa shape index (κ1) is 8.47. The summed E-state index contributed by atoms with van der Waals surface area (Å²) in [7, 11) is 0. The largest absolute Gasteiger partial charge is 0.381 e. The molecule has 0 saturated carbocycles. The Morgan fingerprint density at radius 2 is 2.50 bits per heavy atom. The average Bonchev–Trinajstić information content (AvgIpc) is 2.40. The van der Waals surface area contributed by atoms with Crippen LogP contribution >= 0.6 is 15.9 Å². The molecule has 0 N–H and O–H groups in total. The fraction of sp³-hybridized carbons (Fsp3) is 1.00. The van der Waals surface area contributed by atoms with Gasteiger partial charge in [-0.3, -0.25) is 0 Å². The van der Waals surface area contributed by atoms with Crippen LogP contribution in [0.2, 0.25) is 0 Å². The van der Waals surface area contributed by atoms with E-state index in [4.69, 9.17) is 4.74 Å². The first-order valence-electron chi connectivity index (χ1n) is 3.60. The lowest BCUT2D eigenvalue weighted by Gasteiger charge is -2.08. The Labute approximate surface area is 69.1 Å². The summed E-state index contributed by atoms with van der Waals surface area (Å²) in [6.07, 6.45) is 1.00. The molecular weight excluding hydrogens is 199 g/mol. The van der Waals surface area contributed by atoms with E-state index in [2.05, 4.69) is 15.9 Å². The molecule has 0 aromatic rings. The lowest BCUT2D eigenvalue weighted by Crippen LogP contribution is -2.10. The van der Waals surface area contributed by atoms with Crippen molar-refractivity contribution in [3.05, 3.63) is 0 Å². The van der Waals surface area contributed by atoms with E-state index in [1.807, 2.05) is 0 Å². The van der Waals surface area contributed by atoms with Gasteiger partial charge in [0.2, 0.25) is 0 Å². The molecule has 0 bridgehead atoms. The summed E-state index contributed by atoms with van der Waals surface area (Å²) in [5.74, 6) is 0.465. The first-order chi connectivity index (χ1) is 4.83. The molecule has 0 aliphatic carbocycles. The third kappa shape index (κ3) is 2.54. The molecule has 0 radical (unpaired) electrons. The molecule has 1 nitrogen and oxygen atoms in total. The monoisotopic (exact) mass is 210 g/mol. The van der Waals surface area contributed by atoms with Gasteiger partial charge in [-0.05, 0) is 18.8 Å². The predicted molar refractivity (Wildman–Crippen MR) is 42.2 cm³/mol. The van der Waals surface area contributed by atoms with Crippen LogP contribution in [-0.4, -0.2) is 24.7 Å². The zero-order chi connectivity index (χ0) is 7.40. The fourth-order valence-corrected chi connectivity index (χ4v) is 1.46. The maximum absolute atomic E-state index is 12.7. The number of ether oxygens (including phenoxy) is 1. The standard InChI is InChI=1S/C7H12BrFO/c8-4-7(9)3-6-1-2-10-5-6/h6-7H,1-5H2/t6-,7+/m0/s1. The van der Waals surface area contributed by atoms with Crippen molar-refractivity contribution in [3.8, 4) is 0 Å². The quantitative estimate of drug-likeness (QED) is 0.650. The smallest absolute Gasteiger partial charge is 0.110 e. The lowest BCUT2D eigenvalue weighted by molar-refractivity contribution is 0.176. The molecule has 3 heteroatoms. The summed E-state index contributed by atoms with van der Waals surface area (Å²) in [5.41, 5.74) is 0. The van der Waals surface area contributed by atoms with Gasteiger partial charge in [-0.15, -0.1) is 0 Å². The van der Waals surface area contributed by atoms with Crippen LogP contribution in [0.1, 0.15) is 12.8 Å². The molecule has 1 aliphatic heterocycles. The topological polar surface area (TPSA) is 9.23 Å². The Morgan fingerprint density at radius 1 is 1.70 bits per heavy atom. The van der Waals surface area contributed by atoms with Crippen molar-refractivity contribution < 1.29 is 9.13 Å². The van der Waals surface area contributed by atoms with Crippen LogP contribution in [0.3, 0.4) is 0 Å². The van der Waals surface area contributed by atoms with Gasteiger partial charge in [0, 0.05) is 18.5 Å². The molecule has 1 saturated heterocycles. The van der Waals surface area contributed by atoms with Crippen LogP contribution in [0.15, 0.2) is 0 Å². The second-order valence-corrected chi connectivity index (χ2v) is 3.36. The van der Waals surface area contributed by atoms with Crippen molar-refractivity contribution in [2.45, 2.75) is 19.0 Å². The van der Waals surface area contributed by atoms with Crippen LogP contribution in [0.25, 0.3) is 0 Å². The summed E-state index contributed by atoms with van der Waals surface area (Å²) in [4.78, 5) is 0. The first-order valence-corrected chi connectivity index (χ1v) is 4.73. The molecule has 60 valence electrons. The normalized spacial score (nSPS) is 28.8. The van der Waals surface area contributed by atoms with Crippen LogP contribution in [0.4, 0.5) is 4.39 Å². The molecule has 0 aromatic heterocycles. The summed E-state index contributed by atoms with van der Waals surface area (Å²) >= 11 is 3.11. The highest BCUT2D eigenvalue weighted by Crippen LogP contribution is 2.20. The summed E-state index contributed by atoms with van der Waals surface area (Å²) < 4.78 is 17.8. The molecule has 1 fully saturated rings. The van der Waals surface area contributed by atoms with Gasteiger partial charge in [0.25, 0.3) is 0 Å². The van der Waals surface area contributed by atoms with Gasteiger partial charge < -0.3 is 4.74 Å². The van der Waals surface area contributed by atoms with E-state index in [-0.39, 0.29) is 0 Å². The molecule has 1 aliphatic rings. The molecule has 10 heavy (non-hydrogen) atoms. The van der Waals surface area contributed by atoms with Crippen LogP contribution in [0.5, 0.6) is 0 Å². The zero-order valence-corrected chi connectivity index (χ0v) is 7.44. The third-order valence-corrected chi connectivity index (χ3v) is 2.48. The molecular formula is C7H12BrFO. The van der Waals surface area contributed by atoms with Crippen molar-refractivity contribution in [3.63, 3.8) is 0 Å². The van der Waals surface area contributed by atoms with Gasteiger partial charge >= 0.3 is 0 Å². The highest BCUT2D eigenvalue weighted by molar-refractivity contribution is 9.09. The number of rotatable bonds is 3. The number of hydrogen-bond donors (Lipinski definition) is 0. The minimum absolute atomic E-state index is 0.462. The van der Waals surface area contributed by atoms with Gasteiger partial charge in [0.05, 0.1) is 0 Å². The van der Waals surface area contributed by atoms with E-state index >= 15 is 0 Å². The molecule has 1 heterocycles. The predicted octanol–water partition coefficient (Wildman–Crippen LogP) is 2.15. The Morgan fingerprint density at radius 3 is 3.00 bits per heavy atom. The van der Waals surface area contributed by atoms with E-state index < -0.39 is 6.17 Å². The second kappa shape index (κ2) is 4.29. The lowest BCUT2D eigenvalue weighted by atomic mass is 10.0. The highest BCUT2D eigenvalue weighted by Gasteiger charge is 2.19. The number of halogens is 2. The summed E-state index contributed by atoms with van der Waals surface area (Å²) in [6, 6.07) is 0. The maximum atomic E-state index is 12.7. The molecule has 1 rings (SSSR count). The van der Waals surface area contributed by atoms with E-state index in [9.17, 15) is 4.39 Å². The Balaban J connectivity index is 2.11. The van der Waals surface area contributed by atoms with E-state index in [0.29, 0.717) is 17.7 Å². The van der Waals surface area contributed by atoms with Crippen molar-refractivity contribution in [2.24, 2.45) is 5.92 Å². The number of hydrogen-bond acceptors (Lipinski definition) is 1. The molecule has 0 spiro atoms. The van der Waals surface area contributed by atoms with E-state index in [1.54, 1.807) is 0 Å². The third-order valence-electron chi connectivity index (χ3n) is 1.78. The second-order valence-electron chi connectivity index (χ2n) is 2.72. The van der Waals surface area contributed by atoms with Gasteiger partial charge in [-0.25, -0.2) is 4.39 Å². The van der Waals surface area contributed by atoms with Crippen molar-refractivity contribution in [1.82, 2.24) is 0 Å². The van der Waals surface area contributed by atoms with Gasteiger partial charge in [-0.1, -0.05) is 15.9 Å². The SMILES string of the molecule is F[C@@H](CBr)C[C@@H]1CCOC1. The zero-order valence-electron chi connectivity index (χ0n) is 5.85. The summed E-state index contributed by atoms with van der Waals surface area (Å²) in [5, 5.41) is 0.462. The van der Waals surface area contributed by atoms with Crippen LogP contribution < -0.4 is 0 Å². The van der Waals surface area contributed by atoms with Crippen molar-refractivity contribution >= 4 is 15.9 Å². The van der Waals surface area contributed by atoms with Gasteiger partial charge in [0.1, 0.15) is 6.17 Å². The minimum atomic E-state index is -0.688. The van der Waals surface area contributed by atoms with E-state index in [1.165, 1.54) is 0 Å². The Bertz CT molecular complexity index is 93.6. The fourth-order valence-electron chi connectivity index (χ4n) is 1.19. The number of alkyl halides is 2. The summed E-state index contributed by atoms with van der Waals surface area (Å²) in [6.45, 7) is 1.58. The average molecular weight is 211 g/mol. The molecule has 2 atom stereocenters. The maximum Gasteiger partial charge on any atom is 0.110 e. The minimum Gasteiger partial charge on any atom is -0.381 e. The van der Waals surface area contributed by atoms with Gasteiger partial charge in [0.15, 0.2) is 0 Å². The molecule has 0 aromatic carbocycles. The molecule has 0 unspecified atom stereocenters. The van der Waals surface area contributed by atoms with Crippen LogP contribution in [0, 0.1) is 5.92 Å². The Hall–Kier alpha value is 0.370. The highest BCUT2D eigenvalue weighted by atomic mass is 79.9. The van der Waals surface area contributed by atoms with Crippen LogP contribution in [-0.2, 0) is 4.74 Å². The van der Waals surface area contributed by atoms with E-state index in [0.717, 1.165) is 19.6 Å².